The van der Waals surface area contributed by atoms with Crippen molar-refractivity contribution in [3.8, 4) is 6.07 Å². The van der Waals surface area contributed by atoms with Gasteiger partial charge in [0.25, 0.3) is 5.91 Å². The molecule has 1 aliphatic carbocycles. The standard InChI is InChI=1S/C22H21N5OS/c1-29-22-19(12-23)18(11-20(26-22)15-7-8-15)21(28)24-13-16-5-2-3-6-17(16)14-27-10-4-9-25-27/h2-6,9-11,15H,7-8,13-14H2,1H3,(H,24,28). The average Bonchev–Trinajstić information content (AvgIpc) is 3.48. The Morgan fingerprint density at radius 3 is 2.76 bits per heavy atom. The fourth-order valence-electron chi connectivity index (χ4n) is 3.29. The van der Waals surface area contributed by atoms with Crippen molar-refractivity contribution in [1.82, 2.24) is 20.1 Å². The van der Waals surface area contributed by atoms with Gasteiger partial charge in [-0.15, -0.1) is 11.8 Å². The zero-order valence-electron chi connectivity index (χ0n) is 16.1. The minimum atomic E-state index is -0.241. The van der Waals surface area contributed by atoms with Crippen molar-refractivity contribution in [1.29, 1.82) is 5.26 Å². The first-order valence-corrected chi connectivity index (χ1v) is 10.7. The van der Waals surface area contributed by atoms with Gasteiger partial charge in [-0.25, -0.2) is 4.98 Å². The Morgan fingerprint density at radius 1 is 1.31 bits per heavy atom. The molecule has 0 atom stereocenters. The molecule has 3 aromatic rings. The van der Waals surface area contributed by atoms with Crippen LogP contribution >= 0.6 is 11.8 Å². The van der Waals surface area contributed by atoms with Gasteiger partial charge < -0.3 is 5.32 Å². The van der Waals surface area contributed by atoms with E-state index in [1.54, 1.807) is 12.3 Å². The van der Waals surface area contributed by atoms with Gasteiger partial charge >= 0.3 is 0 Å². The zero-order chi connectivity index (χ0) is 20.2. The van der Waals surface area contributed by atoms with Gasteiger partial charge in [0.2, 0.25) is 0 Å². The van der Waals surface area contributed by atoms with Crippen molar-refractivity contribution >= 4 is 17.7 Å². The highest BCUT2D eigenvalue weighted by Crippen LogP contribution is 2.40. The molecule has 0 unspecified atom stereocenters. The predicted octanol–water partition coefficient (Wildman–Crippen LogP) is 3.73. The first-order valence-electron chi connectivity index (χ1n) is 9.51. The van der Waals surface area contributed by atoms with E-state index in [0.717, 1.165) is 29.7 Å². The van der Waals surface area contributed by atoms with Crippen LogP contribution in [0.25, 0.3) is 0 Å². The number of pyridine rings is 1. The van der Waals surface area contributed by atoms with Crippen LogP contribution in [0.1, 0.15) is 51.5 Å². The molecule has 1 amide bonds. The highest BCUT2D eigenvalue weighted by atomic mass is 32.2. The van der Waals surface area contributed by atoms with Crippen LogP contribution in [0.5, 0.6) is 0 Å². The summed E-state index contributed by atoms with van der Waals surface area (Å²) < 4.78 is 1.85. The highest BCUT2D eigenvalue weighted by molar-refractivity contribution is 7.98. The molecular formula is C22H21N5OS. The number of aromatic nitrogens is 3. The maximum Gasteiger partial charge on any atom is 0.253 e. The molecule has 0 aliphatic heterocycles. The first kappa shape index (κ1) is 19.2. The molecule has 0 radical (unpaired) electrons. The number of hydrogen-bond donors (Lipinski definition) is 1. The minimum Gasteiger partial charge on any atom is -0.348 e. The van der Waals surface area contributed by atoms with Gasteiger partial charge in [-0.2, -0.15) is 10.4 Å². The van der Waals surface area contributed by atoms with Crippen molar-refractivity contribution in [3.05, 3.63) is 76.7 Å². The molecule has 7 heteroatoms. The predicted molar refractivity (Wildman–Crippen MR) is 112 cm³/mol. The summed E-state index contributed by atoms with van der Waals surface area (Å²) in [6.45, 7) is 1.02. The van der Waals surface area contributed by atoms with E-state index in [1.165, 1.54) is 11.8 Å². The number of benzene rings is 1. The van der Waals surface area contributed by atoms with Crippen LogP contribution in [0.2, 0.25) is 0 Å². The second kappa shape index (κ2) is 8.50. The molecular weight excluding hydrogens is 382 g/mol. The normalized spacial score (nSPS) is 13.1. The monoisotopic (exact) mass is 403 g/mol. The molecule has 29 heavy (non-hydrogen) atoms. The van der Waals surface area contributed by atoms with Crippen molar-refractivity contribution in [3.63, 3.8) is 0 Å². The number of hydrogen-bond acceptors (Lipinski definition) is 5. The molecule has 4 rings (SSSR count). The quantitative estimate of drug-likeness (QED) is 0.608. The van der Waals surface area contributed by atoms with Crippen LogP contribution in [0, 0.1) is 11.3 Å². The van der Waals surface area contributed by atoms with E-state index >= 15 is 0 Å². The van der Waals surface area contributed by atoms with Crippen molar-refractivity contribution < 1.29 is 4.79 Å². The maximum atomic E-state index is 13.0. The molecule has 1 fully saturated rings. The molecule has 0 bridgehead atoms. The van der Waals surface area contributed by atoms with E-state index in [9.17, 15) is 10.1 Å². The van der Waals surface area contributed by atoms with Crippen LogP contribution in [0.15, 0.2) is 53.8 Å². The van der Waals surface area contributed by atoms with Gasteiger partial charge in [-0.1, -0.05) is 24.3 Å². The first-order chi connectivity index (χ1) is 14.2. The summed E-state index contributed by atoms with van der Waals surface area (Å²) in [5, 5.41) is 17.5. The molecule has 2 heterocycles. The van der Waals surface area contributed by atoms with E-state index in [4.69, 9.17) is 0 Å². The van der Waals surface area contributed by atoms with Crippen LogP contribution in [0.3, 0.4) is 0 Å². The SMILES string of the molecule is CSc1nc(C2CC2)cc(C(=O)NCc2ccccc2Cn2cccn2)c1C#N. The van der Waals surface area contributed by atoms with Crippen LogP contribution in [-0.4, -0.2) is 26.9 Å². The average molecular weight is 404 g/mol. The molecule has 0 spiro atoms. The van der Waals surface area contributed by atoms with Gasteiger partial charge in [-0.05, 0) is 42.4 Å². The van der Waals surface area contributed by atoms with Gasteiger partial charge in [0.05, 0.1) is 17.7 Å². The zero-order valence-corrected chi connectivity index (χ0v) is 16.9. The maximum absolute atomic E-state index is 13.0. The lowest BCUT2D eigenvalue weighted by atomic mass is 10.1. The number of thioether (sulfide) groups is 1. The Kier molecular flexibility index (Phi) is 5.63. The summed E-state index contributed by atoms with van der Waals surface area (Å²) >= 11 is 1.41. The van der Waals surface area contributed by atoms with E-state index in [2.05, 4.69) is 21.5 Å². The highest BCUT2D eigenvalue weighted by Gasteiger charge is 2.28. The van der Waals surface area contributed by atoms with E-state index in [0.29, 0.717) is 35.2 Å². The van der Waals surface area contributed by atoms with Gasteiger partial charge in [0.15, 0.2) is 0 Å². The summed E-state index contributed by atoms with van der Waals surface area (Å²) in [5.41, 5.74) is 3.80. The Bertz CT molecular complexity index is 1070. The molecule has 146 valence electrons. The number of carbonyl (C=O) groups excluding carboxylic acids is 1. The number of nitriles is 1. The van der Waals surface area contributed by atoms with E-state index in [-0.39, 0.29) is 5.91 Å². The summed E-state index contributed by atoms with van der Waals surface area (Å²) in [5.74, 6) is 0.171. The number of nitrogens with zero attached hydrogens (tertiary/aromatic N) is 4. The second-order valence-electron chi connectivity index (χ2n) is 7.02. The second-order valence-corrected chi connectivity index (χ2v) is 7.82. The van der Waals surface area contributed by atoms with Gasteiger partial charge in [-0.3, -0.25) is 9.48 Å². The lowest BCUT2D eigenvalue weighted by molar-refractivity contribution is 0.0950. The number of amides is 1. The molecule has 6 nitrogen and oxygen atoms in total. The summed E-state index contributed by atoms with van der Waals surface area (Å²) in [4.78, 5) is 17.6. The fourth-order valence-corrected chi connectivity index (χ4v) is 3.84. The molecule has 2 aromatic heterocycles. The van der Waals surface area contributed by atoms with Crippen LogP contribution in [0.4, 0.5) is 0 Å². The third kappa shape index (κ3) is 4.33. The largest absolute Gasteiger partial charge is 0.348 e. The smallest absolute Gasteiger partial charge is 0.253 e. The Hall–Kier alpha value is -3.11. The minimum absolute atomic E-state index is 0.241. The van der Waals surface area contributed by atoms with Crippen LogP contribution in [-0.2, 0) is 13.1 Å². The van der Waals surface area contributed by atoms with Gasteiger partial charge in [0.1, 0.15) is 11.1 Å². The van der Waals surface area contributed by atoms with Crippen molar-refractivity contribution in [2.45, 2.75) is 36.9 Å². The fraction of sp³-hybridized carbons (Fsp3) is 0.273. The topological polar surface area (TPSA) is 83.6 Å². The number of nitrogens with one attached hydrogen (secondary N) is 1. The summed E-state index contributed by atoms with van der Waals surface area (Å²) in [7, 11) is 0. The number of carbonyl (C=O) groups is 1. The molecule has 1 N–H and O–H groups in total. The molecule has 0 saturated heterocycles. The third-order valence-corrected chi connectivity index (χ3v) is 5.68. The number of rotatable bonds is 7. The molecule has 1 saturated carbocycles. The van der Waals surface area contributed by atoms with Crippen molar-refractivity contribution in [2.24, 2.45) is 0 Å². The summed E-state index contributed by atoms with van der Waals surface area (Å²) in [6.07, 6.45) is 7.73. The summed E-state index contributed by atoms with van der Waals surface area (Å²) in [6, 6.07) is 13.8. The van der Waals surface area contributed by atoms with E-state index < -0.39 is 0 Å². The lowest BCUT2D eigenvalue weighted by Gasteiger charge is -2.13. The molecule has 1 aromatic carbocycles. The third-order valence-electron chi connectivity index (χ3n) is 5.00. The van der Waals surface area contributed by atoms with Crippen molar-refractivity contribution in [2.75, 3.05) is 6.26 Å². The lowest BCUT2D eigenvalue weighted by Crippen LogP contribution is -2.25. The van der Waals surface area contributed by atoms with E-state index in [1.807, 2.05) is 47.5 Å². The van der Waals surface area contributed by atoms with Crippen LogP contribution < -0.4 is 5.32 Å². The van der Waals surface area contributed by atoms with Gasteiger partial charge in [0, 0.05) is 30.6 Å². The molecule has 1 aliphatic rings. The Labute approximate surface area is 174 Å². The Morgan fingerprint density at radius 2 is 2.10 bits per heavy atom. The Balaban J connectivity index is 1.55.